The number of hydrogen-bond acceptors (Lipinski definition) is 5. The lowest BCUT2D eigenvalue weighted by atomic mass is 9.99. The Balaban J connectivity index is 1.69. The molecule has 2 aliphatic heterocycles. The topological polar surface area (TPSA) is 73.7 Å². The zero-order valence-electron chi connectivity index (χ0n) is 14.3. The molecular weight excluding hydrogens is 310 g/mol. The van der Waals surface area contributed by atoms with Crippen molar-refractivity contribution < 1.29 is 14.3 Å². The van der Waals surface area contributed by atoms with Gasteiger partial charge in [0.1, 0.15) is 5.60 Å². The molecule has 0 aliphatic carbocycles. The third-order valence-electron chi connectivity index (χ3n) is 4.66. The van der Waals surface area contributed by atoms with Crippen LogP contribution in [0.25, 0.3) is 0 Å². The van der Waals surface area contributed by atoms with E-state index in [0.717, 1.165) is 12.8 Å². The summed E-state index contributed by atoms with van der Waals surface area (Å²) in [6, 6.07) is 3.12. The normalized spacial score (nSPS) is 27.6. The summed E-state index contributed by atoms with van der Waals surface area (Å²) in [5.41, 5.74) is -0.597. The first kappa shape index (κ1) is 17.1. The quantitative estimate of drug-likeness (QED) is 0.812. The number of ether oxygens (including phenoxy) is 2. The summed E-state index contributed by atoms with van der Waals surface area (Å²) in [6.45, 7) is 6.43. The van der Waals surface area contributed by atoms with Crippen LogP contribution >= 0.6 is 0 Å². The Morgan fingerprint density at radius 2 is 2.33 bits per heavy atom. The lowest BCUT2D eigenvalue weighted by molar-refractivity contribution is -0.139. The monoisotopic (exact) mass is 335 g/mol. The number of amides is 1. The molecule has 0 N–H and O–H groups in total. The van der Waals surface area contributed by atoms with Crippen molar-refractivity contribution in [1.29, 1.82) is 0 Å². The molecule has 24 heavy (non-hydrogen) atoms. The van der Waals surface area contributed by atoms with Gasteiger partial charge in [-0.2, -0.15) is 5.10 Å². The zero-order valence-corrected chi connectivity index (χ0v) is 14.3. The molecule has 7 nitrogen and oxygen atoms in total. The van der Waals surface area contributed by atoms with Gasteiger partial charge in [0.15, 0.2) is 0 Å². The van der Waals surface area contributed by atoms with E-state index < -0.39 is 5.60 Å². The van der Waals surface area contributed by atoms with Crippen LogP contribution in [0, 0.1) is 5.92 Å². The first-order valence-corrected chi connectivity index (χ1v) is 8.56. The number of carbonyl (C=O) groups is 1. The maximum Gasteiger partial charge on any atom is 0.266 e. The average Bonchev–Trinajstić information content (AvgIpc) is 2.82. The summed E-state index contributed by atoms with van der Waals surface area (Å²) in [4.78, 5) is 26.0. The minimum atomic E-state index is -0.468. The first-order valence-electron chi connectivity index (χ1n) is 8.56. The lowest BCUT2D eigenvalue weighted by Gasteiger charge is -2.32. The van der Waals surface area contributed by atoms with E-state index in [2.05, 4.69) is 5.10 Å². The van der Waals surface area contributed by atoms with Crippen molar-refractivity contribution in [2.24, 2.45) is 5.92 Å². The Labute approximate surface area is 141 Å². The van der Waals surface area contributed by atoms with Crippen LogP contribution in [0.15, 0.2) is 23.1 Å². The third-order valence-corrected chi connectivity index (χ3v) is 4.66. The number of rotatable bonds is 3. The summed E-state index contributed by atoms with van der Waals surface area (Å²) in [5.74, 6) is 0.0947. The van der Waals surface area contributed by atoms with Gasteiger partial charge in [0, 0.05) is 24.7 Å². The van der Waals surface area contributed by atoms with Gasteiger partial charge >= 0.3 is 0 Å². The Kier molecular flexibility index (Phi) is 5.01. The molecule has 2 atom stereocenters. The first-order chi connectivity index (χ1) is 11.5. The molecule has 1 aromatic rings. The SMILES string of the molecule is CC(C)C(=O)N1CCOC[C@@]2(CC[C@@H](Cn3ncccc3=O)O2)C1. The van der Waals surface area contributed by atoms with Crippen LogP contribution in [0.2, 0.25) is 0 Å². The van der Waals surface area contributed by atoms with Crippen molar-refractivity contribution in [3.05, 3.63) is 28.7 Å². The van der Waals surface area contributed by atoms with Gasteiger partial charge in [0.25, 0.3) is 5.56 Å². The van der Waals surface area contributed by atoms with Crippen LogP contribution in [0.1, 0.15) is 26.7 Å². The molecule has 0 bridgehead atoms. The maximum absolute atomic E-state index is 12.4. The van der Waals surface area contributed by atoms with E-state index in [-0.39, 0.29) is 23.5 Å². The molecule has 3 rings (SSSR count). The summed E-state index contributed by atoms with van der Waals surface area (Å²) in [6.07, 6.45) is 3.16. The maximum atomic E-state index is 12.4. The van der Waals surface area contributed by atoms with E-state index in [0.29, 0.717) is 32.8 Å². The van der Waals surface area contributed by atoms with Gasteiger partial charge in [-0.25, -0.2) is 4.68 Å². The second kappa shape index (κ2) is 7.03. The van der Waals surface area contributed by atoms with Crippen LogP contribution in [0.4, 0.5) is 0 Å². The second-order valence-electron chi connectivity index (χ2n) is 6.97. The molecule has 2 fully saturated rings. The van der Waals surface area contributed by atoms with E-state index in [1.807, 2.05) is 18.7 Å². The molecule has 7 heteroatoms. The summed E-state index contributed by atoms with van der Waals surface area (Å²) >= 11 is 0. The number of nitrogens with zero attached hydrogens (tertiary/aromatic N) is 3. The standard InChI is InChI=1S/C17H25N3O4/c1-13(2)16(22)19-8-9-23-12-17(11-19)6-5-14(24-17)10-20-15(21)4-3-7-18-20/h3-4,7,13-14H,5-6,8-12H2,1-2H3/t14-,17+/m0/s1. The molecule has 2 saturated heterocycles. The zero-order chi connectivity index (χ0) is 17.2. The van der Waals surface area contributed by atoms with Crippen molar-refractivity contribution >= 4 is 5.91 Å². The summed E-state index contributed by atoms with van der Waals surface area (Å²) < 4.78 is 13.4. The smallest absolute Gasteiger partial charge is 0.266 e. The van der Waals surface area contributed by atoms with E-state index in [4.69, 9.17) is 9.47 Å². The van der Waals surface area contributed by atoms with Crippen LogP contribution in [0.5, 0.6) is 0 Å². The highest BCUT2D eigenvalue weighted by Gasteiger charge is 2.44. The Hall–Kier alpha value is -1.73. The van der Waals surface area contributed by atoms with Gasteiger partial charge in [-0.1, -0.05) is 13.8 Å². The molecule has 0 unspecified atom stereocenters. The van der Waals surface area contributed by atoms with Crippen LogP contribution < -0.4 is 5.56 Å². The predicted molar refractivity (Wildman–Crippen MR) is 87.6 cm³/mol. The van der Waals surface area contributed by atoms with Crippen LogP contribution in [0.3, 0.4) is 0 Å². The fourth-order valence-corrected chi connectivity index (χ4v) is 3.42. The van der Waals surface area contributed by atoms with E-state index in [1.54, 1.807) is 12.3 Å². The van der Waals surface area contributed by atoms with Gasteiger partial charge < -0.3 is 14.4 Å². The van der Waals surface area contributed by atoms with E-state index in [1.165, 1.54) is 10.7 Å². The number of aromatic nitrogens is 2. The number of hydrogen-bond donors (Lipinski definition) is 0. The molecule has 0 radical (unpaired) electrons. The molecule has 1 aromatic heterocycles. The van der Waals surface area contributed by atoms with E-state index in [9.17, 15) is 9.59 Å². The minimum Gasteiger partial charge on any atom is -0.377 e. The molecule has 0 aromatic carbocycles. The Bertz CT molecular complexity index is 645. The lowest BCUT2D eigenvalue weighted by Crippen LogP contribution is -2.48. The fraction of sp³-hybridized carbons (Fsp3) is 0.706. The molecule has 3 heterocycles. The third kappa shape index (κ3) is 3.67. The summed E-state index contributed by atoms with van der Waals surface area (Å²) in [7, 11) is 0. The molecule has 2 aliphatic rings. The van der Waals surface area contributed by atoms with Gasteiger partial charge in [-0.05, 0) is 18.9 Å². The summed E-state index contributed by atoms with van der Waals surface area (Å²) in [5, 5.41) is 4.09. The van der Waals surface area contributed by atoms with Crippen molar-refractivity contribution in [1.82, 2.24) is 14.7 Å². The molecule has 1 spiro atoms. The van der Waals surface area contributed by atoms with Gasteiger partial charge in [-0.3, -0.25) is 9.59 Å². The highest BCUT2D eigenvalue weighted by molar-refractivity contribution is 5.78. The van der Waals surface area contributed by atoms with E-state index >= 15 is 0 Å². The highest BCUT2D eigenvalue weighted by Crippen LogP contribution is 2.33. The Morgan fingerprint density at radius 1 is 1.50 bits per heavy atom. The Morgan fingerprint density at radius 3 is 3.08 bits per heavy atom. The van der Waals surface area contributed by atoms with Crippen molar-refractivity contribution in [2.75, 3.05) is 26.3 Å². The molecular formula is C17H25N3O4. The highest BCUT2D eigenvalue weighted by atomic mass is 16.6. The fourth-order valence-electron chi connectivity index (χ4n) is 3.42. The molecule has 0 saturated carbocycles. The van der Waals surface area contributed by atoms with Gasteiger partial charge in [0.05, 0.1) is 32.4 Å². The minimum absolute atomic E-state index is 0.0376. The van der Waals surface area contributed by atoms with Crippen molar-refractivity contribution in [3.8, 4) is 0 Å². The average molecular weight is 335 g/mol. The molecule has 1 amide bonds. The van der Waals surface area contributed by atoms with Gasteiger partial charge in [-0.15, -0.1) is 0 Å². The van der Waals surface area contributed by atoms with Gasteiger partial charge in [0.2, 0.25) is 5.91 Å². The van der Waals surface area contributed by atoms with Crippen LogP contribution in [-0.2, 0) is 20.8 Å². The largest absolute Gasteiger partial charge is 0.377 e. The van der Waals surface area contributed by atoms with Crippen molar-refractivity contribution in [2.45, 2.75) is 44.9 Å². The van der Waals surface area contributed by atoms with Crippen LogP contribution in [-0.4, -0.2) is 58.6 Å². The van der Waals surface area contributed by atoms with Crippen molar-refractivity contribution in [3.63, 3.8) is 0 Å². The predicted octanol–water partition coefficient (Wildman–Crippen LogP) is 0.676. The second-order valence-corrected chi connectivity index (χ2v) is 6.97. The molecule has 132 valence electrons. The number of carbonyl (C=O) groups excluding carboxylic acids is 1.